The van der Waals surface area contributed by atoms with Crippen molar-refractivity contribution in [2.24, 2.45) is 0 Å². The SMILES string of the molecule is C[C@H](NC1CCCN(C(=O)OC(C)(C)C)C1)c1ccncc1. The minimum Gasteiger partial charge on any atom is -0.444 e. The molecule has 1 unspecified atom stereocenters. The average Bonchev–Trinajstić information content (AvgIpc) is 2.46. The van der Waals surface area contributed by atoms with E-state index in [1.54, 1.807) is 12.4 Å². The van der Waals surface area contributed by atoms with Crippen LogP contribution in [0.25, 0.3) is 0 Å². The van der Waals surface area contributed by atoms with Crippen LogP contribution < -0.4 is 5.32 Å². The molecule has 1 aliphatic rings. The Morgan fingerprint density at radius 3 is 2.73 bits per heavy atom. The number of likely N-dealkylation sites (tertiary alicyclic amines) is 1. The molecule has 0 radical (unpaired) electrons. The predicted molar refractivity (Wildman–Crippen MR) is 86.6 cm³/mol. The summed E-state index contributed by atoms with van der Waals surface area (Å²) < 4.78 is 5.47. The van der Waals surface area contributed by atoms with Crippen LogP contribution in [0.1, 0.15) is 52.1 Å². The third kappa shape index (κ3) is 4.98. The molecule has 1 saturated heterocycles. The fourth-order valence-corrected chi connectivity index (χ4v) is 2.71. The van der Waals surface area contributed by atoms with E-state index in [0.29, 0.717) is 12.6 Å². The smallest absolute Gasteiger partial charge is 0.410 e. The second-order valence-corrected chi connectivity index (χ2v) is 6.93. The van der Waals surface area contributed by atoms with Gasteiger partial charge in [-0.2, -0.15) is 0 Å². The van der Waals surface area contributed by atoms with Gasteiger partial charge in [-0.25, -0.2) is 4.79 Å². The summed E-state index contributed by atoms with van der Waals surface area (Å²) >= 11 is 0. The van der Waals surface area contributed by atoms with Crippen molar-refractivity contribution in [1.29, 1.82) is 0 Å². The van der Waals surface area contributed by atoms with E-state index in [0.717, 1.165) is 19.4 Å². The number of hydrogen-bond donors (Lipinski definition) is 1. The number of rotatable bonds is 3. The molecule has 5 nitrogen and oxygen atoms in total. The maximum Gasteiger partial charge on any atom is 0.410 e. The van der Waals surface area contributed by atoms with Crippen molar-refractivity contribution >= 4 is 6.09 Å². The summed E-state index contributed by atoms with van der Waals surface area (Å²) in [6, 6.07) is 4.58. The van der Waals surface area contributed by atoms with Crippen molar-refractivity contribution in [1.82, 2.24) is 15.2 Å². The molecule has 22 heavy (non-hydrogen) atoms. The van der Waals surface area contributed by atoms with Gasteiger partial charge >= 0.3 is 6.09 Å². The molecule has 1 amide bonds. The molecule has 2 rings (SSSR count). The third-order valence-electron chi connectivity index (χ3n) is 3.76. The summed E-state index contributed by atoms with van der Waals surface area (Å²) in [4.78, 5) is 18.0. The van der Waals surface area contributed by atoms with E-state index in [2.05, 4.69) is 17.2 Å². The summed E-state index contributed by atoms with van der Waals surface area (Å²) in [6.45, 7) is 9.31. The van der Waals surface area contributed by atoms with E-state index in [4.69, 9.17) is 4.74 Å². The van der Waals surface area contributed by atoms with E-state index < -0.39 is 5.60 Å². The van der Waals surface area contributed by atoms with Gasteiger partial charge in [0.2, 0.25) is 0 Å². The maximum absolute atomic E-state index is 12.2. The van der Waals surface area contributed by atoms with Gasteiger partial charge in [-0.15, -0.1) is 0 Å². The van der Waals surface area contributed by atoms with Gasteiger partial charge in [0.05, 0.1) is 0 Å². The normalized spacial score (nSPS) is 20.5. The minimum absolute atomic E-state index is 0.212. The number of hydrogen-bond acceptors (Lipinski definition) is 4. The first kappa shape index (κ1) is 16.7. The molecular weight excluding hydrogens is 278 g/mol. The Kier molecular flexibility index (Phi) is 5.40. The fourth-order valence-electron chi connectivity index (χ4n) is 2.71. The zero-order chi connectivity index (χ0) is 16.2. The molecule has 2 atom stereocenters. The lowest BCUT2D eigenvalue weighted by Gasteiger charge is -2.35. The molecular formula is C17H27N3O2. The lowest BCUT2D eigenvalue weighted by molar-refractivity contribution is 0.0184. The number of nitrogens with zero attached hydrogens (tertiary/aromatic N) is 2. The van der Waals surface area contributed by atoms with E-state index in [9.17, 15) is 4.79 Å². The quantitative estimate of drug-likeness (QED) is 0.932. The lowest BCUT2D eigenvalue weighted by Crippen LogP contribution is -2.49. The highest BCUT2D eigenvalue weighted by atomic mass is 16.6. The van der Waals surface area contributed by atoms with Crippen molar-refractivity contribution < 1.29 is 9.53 Å². The third-order valence-corrected chi connectivity index (χ3v) is 3.76. The topological polar surface area (TPSA) is 54.5 Å². The Morgan fingerprint density at radius 2 is 2.09 bits per heavy atom. The average molecular weight is 305 g/mol. The van der Waals surface area contributed by atoms with Gasteiger partial charge in [-0.1, -0.05) is 0 Å². The summed E-state index contributed by atoms with van der Waals surface area (Å²) in [6.07, 6.45) is 5.48. The predicted octanol–water partition coefficient (Wildman–Crippen LogP) is 3.13. The number of ether oxygens (including phenoxy) is 1. The number of aromatic nitrogens is 1. The molecule has 1 N–H and O–H groups in total. The molecule has 1 fully saturated rings. The lowest BCUT2D eigenvalue weighted by atomic mass is 10.0. The molecule has 0 saturated carbocycles. The number of amides is 1. The number of piperidine rings is 1. The molecule has 5 heteroatoms. The van der Waals surface area contributed by atoms with Gasteiger partial charge in [0, 0.05) is 37.6 Å². The van der Waals surface area contributed by atoms with Gasteiger partial charge in [-0.3, -0.25) is 4.98 Å². The zero-order valence-electron chi connectivity index (χ0n) is 14.0. The van der Waals surface area contributed by atoms with Crippen molar-refractivity contribution in [3.05, 3.63) is 30.1 Å². The van der Waals surface area contributed by atoms with E-state index in [1.165, 1.54) is 5.56 Å². The summed E-state index contributed by atoms with van der Waals surface area (Å²) in [7, 11) is 0. The Hall–Kier alpha value is -1.62. The van der Waals surface area contributed by atoms with Gasteiger partial charge in [-0.05, 0) is 58.2 Å². The molecule has 2 heterocycles. The molecule has 0 aromatic carbocycles. The zero-order valence-corrected chi connectivity index (χ0v) is 14.0. The second-order valence-electron chi connectivity index (χ2n) is 6.93. The van der Waals surface area contributed by atoms with Crippen LogP contribution in [-0.2, 0) is 4.74 Å². The van der Waals surface area contributed by atoms with Crippen LogP contribution in [0.4, 0.5) is 4.79 Å². The van der Waals surface area contributed by atoms with Crippen molar-refractivity contribution in [2.45, 2.75) is 58.2 Å². The first-order valence-corrected chi connectivity index (χ1v) is 7.99. The Bertz CT molecular complexity index is 484. The Balaban J connectivity index is 1.89. The monoisotopic (exact) mass is 305 g/mol. The van der Waals surface area contributed by atoms with Crippen molar-refractivity contribution in [2.75, 3.05) is 13.1 Å². The largest absolute Gasteiger partial charge is 0.444 e. The van der Waals surface area contributed by atoms with Gasteiger partial charge in [0.1, 0.15) is 5.60 Å². The molecule has 0 aliphatic carbocycles. The van der Waals surface area contributed by atoms with Crippen LogP contribution in [-0.4, -0.2) is 40.7 Å². The Morgan fingerprint density at radius 1 is 1.41 bits per heavy atom. The van der Waals surface area contributed by atoms with Crippen LogP contribution in [0.15, 0.2) is 24.5 Å². The van der Waals surface area contributed by atoms with Crippen LogP contribution >= 0.6 is 0 Å². The summed E-state index contributed by atoms with van der Waals surface area (Å²) in [5.74, 6) is 0. The van der Waals surface area contributed by atoms with Crippen LogP contribution in [0, 0.1) is 0 Å². The maximum atomic E-state index is 12.2. The van der Waals surface area contributed by atoms with Crippen molar-refractivity contribution in [3.8, 4) is 0 Å². The van der Waals surface area contributed by atoms with E-state index >= 15 is 0 Å². The first-order chi connectivity index (χ1) is 10.3. The second kappa shape index (κ2) is 7.09. The molecule has 0 bridgehead atoms. The van der Waals surface area contributed by atoms with E-state index in [-0.39, 0.29) is 12.1 Å². The van der Waals surface area contributed by atoms with Crippen LogP contribution in [0.2, 0.25) is 0 Å². The molecule has 1 aliphatic heterocycles. The minimum atomic E-state index is -0.443. The fraction of sp³-hybridized carbons (Fsp3) is 0.647. The van der Waals surface area contributed by atoms with Gasteiger partial charge < -0.3 is 15.0 Å². The Labute approximate surface area is 133 Å². The van der Waals surface area contributed by atoms with Crippen LogP contribution in [0.3, 0.4) is 0 Å². The first-order valence-electron chi connectivity index (χ1n) is 7.99. The summed E-state index contributed by atoms with van der Waals surface area (Å²) in [5, 5.41) is 3.61. The number of carbonyl (C=O) groups is 1. The van der Waals surface area contributed by atoms with Crippen molar-refractivity contribution in [3.63, 3.8) is 0 Å². The highest BCUT2D eigenvalue weighted by molar-refractivity contribution is 5.68. The molecule has 122 valence electrons. The number of carbonyl (C=O) groups excluding carboxylic acids is 1. The molecule has 0 spiro atoms. The van der Waals surface area contributed by atoms with E-state index in [1.807, 2.05) is 37.8 Å². The summed E-state index contributed by atoms with van der Waals surface area (Å²) in [5.41, 5.74) is 0.770. The van der Waals surface area contributed by atoms with Gasteiger partial charge in [0.15, 0.2) is 0 Å². The number of pyridine rings is 1. The highest BCUT2D eigenvalue weighted by Crippen LogP contribution is 2.18. The molecule has 1 aromatic heterocycles. The van der Waals surface area contributed by atoms with Gasteiger partial charge in [0.25, 0.3) is 0 Å². The van der Waals surface area contributed by atoms with Crippen LogP contribution in [0.5, 0.6) is 0 Å². The highest BCUT2D eigenvalue weighted by Gasteiger charge is 2.28. The standard InChI is InChI=1S/C17H27N3O2/c1-13(14-7-9-18-10-8-14)19-15-6-5-11-20(12-15)16(21)22-17(2,3)4/h7-10,13,15,19H,5-6,11-12H2,1-4H3/t13-,15?/m0/s1. The number of nitrogens with one attached hydrogen (secondary N) is 1. The molecule has 1 aromatic rings.